The minimum absolute atomic E-state index is 0.0394. The Labute approximate surface area is 120 Å². The fraction of sp³-hybridized carbons (Fsp3) is 0.625. The van der Waals surface area contributed by atoms with Crippen LogP contribution in [0, 0.1) is 5.82 Å². The third-order valence-electron chi connectivity index (χ3n) is 4.16. The Kier molecular flexibility index (Phi) is 4.78. The molecule has 4 heteroatoms. The fourth-order valence-corrected chi connectivity index (χ4v) is 3.14. The van der Waals surface area contributed by atoms with E-state index in [0.717, 1.165) is 31.4 Å². The average molecular weight is 280 g/mol. The number of piperidine rings is 1. The van der Waals surface area contributed by atoms with E-state index in [-0.39, 0.29) is 17.9 Å². The zero-order valence-corrected chi connectivity index (χ0v) is 12.3. The number of rotatable bonds is 4. The molecule has 0 aliphatic carbocycles. The summed E-state index contributed by atoms with van der Waals surface area (Å²) in [7, 11) is 0. The second kappa shape index (κ2) is 6.20. The van der Waals surface area contributed by atoms with Crippen molar-refractivity contribution in [3.8, 4) is 0 Å². The lowest BCUT2D eigenvalue weighted by molar-refractivity contribution is -0.0343. The lowest BCUT2D eigenvalue weighted by Gasteiger charge is -2.43. The molecule has 3 unspecified atom stereocenters. The van der Waals surface area contributed by atoms with Crippen LogP contribution < -0.4 is 5.73 Å². The molecule has 1 aliphatic heterocycles. The van der Waals surface area contributed by atoms with Crippen molar-refractivity contribution >= 4 is 0 Å². The van der Waals surface area contributed by atoms with Gasteiger partial charge in [0.15, 0.2) is 0 Å². The smallest absolute Gasteiger partial charge is 0.123 e. The van der Waals surface area contributed by atoms with Crippen molar-refractivity contribution in [3.63, 3.8) is 0 Å². The van der Waals surface area contributed by atoms with Crippen molar-refractivity contribution in [2.75, 3.05) is 13.1 Å². The maximum absolute atomic E-state index is 13.5. The first-order valence-electron chi connectivity index (χ1n) is 7.40. The Balaban J connectivity index is 2.28. The summed E-state index contributed by atoms with van der Waals surface area (Å²) < 4.78 is 13.5. The number of nitrogens with two attached hydrogens (primary N) is 1. The Morgan fingerprint density at radius 1 is 1.50 bits per heavy atom. The quantitative estimate of drug-likeness (QED) is 0.890. The minimum atomic E-state index is -0.683. The molecular formula is C16H25FN2O. The van der Waals surface area contributed by atoms with E-state index in [1.807, 2.05) is 19.9 Å². The minimum Gasteiger partial charge on any atom is -0.389 e. The SMILES string of the molecule is CCC(N)C(c1cccc(F)c1)N1CCCC(C)(O)C1. The molecule has 20 heavy (non-hydrogen) atoms. The van der Waals surface area contributed by atoms with Gasteiger partial charge in [-0.25, -0.2) is 4.39 Å². The second-order valence-corrected chi connectivity index (χ2v) is 6.14. The molecule has 0 radical (unpaired) electrons. The van der Waals surface area contributed by atoms with Gasteiger partial charge in [-0.3, -0.25) is 4.90 Å². The molecular weight excluding hydrogens is 255 g/mol. The van der Waals surface area contributed by atoms with Gasteiger partial charge in [-0.1, -0.05) is 19.1 Å². The van der Waals surface area contributed by atoms with Crippen LogP contribution >= 0.6 is 0 Å². The summed E-state index contributed by atoms with van der Waals surface area (Å²) in [5.74, 6) is -0.237. The van der Waals surface area contributed by atoms with E-state index >= 15 is 0 Å². The van der Waals surface area contributed by atoms with E-state index in [2.05, 4.69) is 4.90 Å². The van der Waals surface area contributed by atoms with Crippen LogP contribution in [0.3, 0.4) is 0 Å². The number of halogens is 1. The molecule has 3 nitrogen and oxygen atoms in total. The molecule has 1 saturated heterocycles. The largest absolute Gasteiger partial charge is 0.389 e. The number of hydrogen-bond acceptors (Lipinski definition) is 3. The van der Waals surface area contributed by atoms with Gasteiger partial charge in [-0.2, -0.15) is 0 Å². The van der Waals surface area contributed by atoms with Gasteiger partial charge in [-0.15, -0.1) is 0 Å². The van der Waals surface area contributed by atoms with E-state index in [4.69, 9.17) is 5.73 Å². The highest BCUT2D eigenvalue weighted by molar-refractivity contribution is 5.22. The molecule has 1 aliphatic rings. The van der Waals surface area contributed by atoms with Crippen molar-refractivity contribution in [1.82, 2.24) is 4.90 Å². The molecule has 0 bridgehead atoms. The van der Waals surface area contributed by atoms with Crippen LogP contribution in [-0.2, 0) is 0 Å². The van der Waals surface area contributed by atoms with Crippen LogP contribution in [0.2, 0.25) is 0 Å². The van der Waals surface area contributed by atoms with Crippen LogP contribution in [0.1, 0.15) is 44.7 Å². The van der Waals surface area contributed by atoms with Crippen molar-refractivity contribution in [1.29, 1.82) is 0 Å². The number of aliphatic hydroxyl groups is 1. The zero-order chi connectivity index (χ0) is 14.8. The van der Waals surface area contributed by atoms with Crippen molar-refractivity contribution in [2.45, 2.75) is 50.8 Å². The first-order valence-corrected chi connectivity index (χ1v) is 7.40. The predicted octanol–water partition coefficient (Wildman–Crippen LogP) is 2.45. The van der Waals surface area contributed by atoms with Crippen molar-refractivity contribution in [3.05, 3.63) is 35.6 Å². The van der Waals surface area contributed by atoms with Crippen LogP contribution in [0.15, 0.2) is 24.3 Å². The molecule has 112 valence electrons. The predicted molar refractivity (Wildman–Crippen MR) is 78.8 cm³/mol. The summed E-state index contributed by atoms with van der Waals surface area (Å²) in [4.78, 5) is 2.20. The summed E-state index contributed by atoms with van der Waals surface area (Å²) in [6.45, 7) is 5.38. The molecule has 3 atom stereocenters. The molecule has 0 spiro atoms. The third kappa shape index (κ3) is 3.57. The van der Waals surface area contributed by atoms with Gasteiger partial charge in [-0.05, 0) is 50.4 Å². The lowest BCUT2D eigenvalue weighted by Crippen LogP contribution is -2.51. The van der Waals surface area contributed by atoms with E-state index in [1.54, 1.807) is 12.1 Å². The summed E-state index contributed by atoms with van der Waals surface area (Å²) in [5.41, 5.74) is 6.49. The monoisotopic (exact) mass is 280 g/mol. The maximum Gasteiger partial charge on any atom is 0.123 e. The van der Waals surface area contributed by atoms with Crippen molar-refractivity contribution in [2.24, 2.45) is 5.73 Å². The van der Waals surface area contributed by atoms with Gasteiger partial charge in [0.05, 0.1) is 11.6 Å². The Hall–Kier alpha value is -0.970. The molecule has 1 fully saturated rings. The summed E-state index contributed by atoms with van der Waals surface area (Å²) in [6, 6.07) is 6.55. The number of β-amino-alcohol motifs (C(OH)–C–C–N with tert-alkyl or cyclic N) is 1. The van der Waals surface area contributed by atoms with E-state index in [1.165, 1.54) is 6.07 Å². The standard InChI is InChI=1S/C16H25FN2O/c1-3-14(18)15(12-6-4-7-13(17)10-12)19-9-5-8-16(2,20)11-19/h4,6-7,10,14-15,20H,3,5,8-9,11,18H2,1-2H3. The van der Waals surface area contributed by atoms with Gasteiger partial charge < -0.3 is 10.8 Å². The molecule has 1 aromatic carbocycles. The number of nitrogens with zero attached hydrogens (tertiary/aromatic N) is 1. The normalized spacial score (nSPS) is 27.2. The summed E-state index contributed by atoms with van der Waals surface area (Å²) >= 11 is 0. The lowest BCUT2D eigenvalue weighted by atomic mass is 9.89. The highest BCUT2D eigenvalue weighted by Crippen LogP contribution is 2.31. The summed E-state index contributed by atoms with van der Waals surface area (Å²) in [5, 5.41) is 10.3. The van der Waals surface area contributed by atoms with Gasteiger partial charge in [0.2, 0.25) is 0 Å². The summed E-state index contributed by atoms with van der Waals surface area (Å²) in [6.07, 6.45) is 2.57. The van der Waals surface area contributed by atoms with E-state index in [0.29, 0.717) is 6.54 Å². The van der Waals surface area contributed by atoms with Crippen LogP contribution in [0.25, 0.3) is 0 Å². The number of benzene rings is 1. The molecule has 0 amide bonds. The van der Waals surface area contributed by atoms with Crippen LogP contribution in [0.4, 0.5) is 4.39 Å². The third-order valence-corrected chi connectivity index (χ3v) is 4.16. The van der Waals surface area contributed by atoms with Gasteiger partial charge >= 0.3 is 0 Å². The second-order valence-electron chi connectivity index (χ2n) is 6.14. The van der Waals surface area contributed by atoms with Gasteiger partial charge in [0, 0.05) is 12.6 Å². The zero-order valence-electron chi connectivity index (χ0n) is 12.3. The molecule has 1 heterocycles. The Morgan fingerprint density at radius 2 is 2.25 bits per heavy atom. The molecule has 2 rings (SSSR count). The highest BCUT2D eigenvalue weighted by Gasteiger charge is 2.34. The van der Waals surface area contributed by atoms with E-state index < -0.39 is 5.60 Å². The fourth-order valence-electron chi connectivity index (χ4n) is 3.14. The topological polar surface area (TPSA) is 49.5 Å². The van der Waals surface area contributed by atoms with Crippen molar-refractivity contribution < 1.29 is 9.50 Å². The first kappa shape index (κ1) is 15.4. The molecule has 0 aromatic heterocycles. The molecule has 1 aromatic rings. The van der Waals surface area contributed by atoms with Crippen LogP contribution in [0.5, 0.6) is 0 Å². The first-order chi connectivity index (χ1) is 9.43. The van der Waals surface area contributed by atoms with Gasteiger partial charge in [0.25, 0.3) is 0 Å². The number of hydrogen-bond donors (Lipinski definition) is 2. The average Bonchev–Trinajstić information content (AvgIpc) is 2.38. The maximum atomic E-state index is 13.5. The molecule has 0 saturated carbocycles. The Bertz CT molecular complexity index is 450. The highest BCUT2D eigenvalue weighted by atomic mass is 19.1. The van der Waals surface area contributed by atoms with Gasteiger partial charge in [0.1, 0.15) is 5.82 Å². The van der Waals surface area contributed by atoms with Crippen LogP contribution in [-0.4, -0.2) is 34.7 Å². The Morgan fingerprint density at radius 3 is 2.85 bits per heavy atom. The number of likely N-dealkylation sites (tertiary alicyclic amines) is 1. The van der Waals surface area contributed by atoms with E-state index in [9.17, 15) is 9.50 Å². The molecule has 3 N–H and O–H groups in total.